The van der Waals surface area contributed by atoms with E-state index in [4.69, 9.17) is 10.5 Å². The summed E-state index contributed by atoms with van der Waals surface area (Å²) in [5.74, 6) is 0.184. The highest BCUT2D eigenvalue weighted by molar-refractivity contribution is 7.89. The number of nitrogens with one attached hydrogen (secondary N) is 3. The average Bonchev–Trinajstić information content (AvgIpc) is 3.37. The number of benzene rings is 1. The summed E-state index contributed by atoms with van der Waals surface area (Å²) in [5.41, 5.74) is 6.09. The number of primary amides is 1. The first-order valence-electron chi connectivity index (χ1n) is 12.9. The van der Waals surface area contributed by atoms with Crippen molar-refractivity contribution in [1.29, 1.82) is 0 Å². The lowest BCUT2D eigenvalue weighted by Crippen LogP contribution is -2.40. The number of nitrogens with two attached hydrogens (primary N) is 1. The Morgan fingerprint density at radius 1 is 1.12 bits per heavy atom. The van der Waals surface area contributed by atoms with Crippen molar-refractivity contribution in [2.24, 2.45) is 5.73 Å². The Balaban J connectivity index is 1.56. The van der Waals surface area contributed by atoms with Crippen LogP contribution in [0.2, 0.25) is 0 Å². The summed E-state index contributed by atoms with van der Waals surface area (Å²) in [6.07, 6.45) is 7.01. The zero-order valence-corrected chi connectivity index (χ0v) is 24.3. The fraction of sp³-hybridized carbons (Fsp3) is 0.407. The van der Waals surface area contributed by atoms with E-state index < -0.39 is 27.7 Å². The molecule has 0 radical (unpaired) electrons. The molecular weight excluding hydrogens is 552 g/mol. The molecule has 2 aromatic heterocycles. The Kier molecular flexibility index (Phi) is 9.06. The molecule has 4 rings (SSSR count). The van der Waals surface area contributed by atoms with Gasteiger partial charge >= 0.3 is 12.1 Å². The van der Waals surface area contributed by atoms with Crippen molar-refractivity contribution in [3.8, 4) is 10.4 Å². The number of aromatic nitrogens is 2. The molecule has 5 N–H and O–H groups in total. The van der Waals surface area contributed by atoms with E-state index in [1.54, 1.807) is 57.6 Å². The number of amides is 3. The molecule has 0 spiro atoms. The van der Waals surface area contributed by atoms with Gasteiger partial charge in [0.05, 0.1) is 14.8 Å². The third kappa shape index (κ3) is 7.99. The molecule has 13 heteroatoms. The van der Waals surface area contributed by atoms with Gasteiger partial charge in [0.25, 0.3) is 0 Å². The highest BCUT2D eigenvalue weighted by atomic mass is 32.2. The van der Waals surface area contributed by atoms with Crippen LogP contribution in [-0.4, -0.2) is 42.2 Å². The maximum absolute atomic E-state index is 13.5. The molecule has 1 aromatic carbocycles. The van der Waals surface area contributed by atoms with E-state index in [2.05, 4.69) is 25.3 Å². The average molecular weight is 587 g/mol. The van der Waals surface area contributed by atoms with Gasteiger partial charge in [-0.05, 0) is 70.2 Å². The summed E-state index contributed by atoms with van der Waals surface area (Å²) >= 11 is 1.44. The topological polar surface area (TPSA) is 165 Å². The van der Waals surface area contributed by atoms with Gasteiger partial charge in [-0.1, -0.05) is 12.1 Å². The number of rotatable bonds is 8. The molecule has 1 aliphatic rings. The Hall–Kier alpha value is -3.55. The van der Waals surface area contributed by atoms with Gasteiger partial charge in [-0.2, -0.15) is 0 Å². The van der Waals surface area contributed by atoms with Crippen LogP contribution in [0.3, 0.4) is 0 Å². The Morgan fingerprint density at radius 3 is 2.52 bits per heavy atom. The lowest BCUT2D eigenvalue weighted by atomic mass is 9.88. The van der Waals surface area contributed by atoms with E-state index in [-0.39, 0.29) is 23.5 Å². The van der Waals surface area contributed by atoms with E-state index >= 15 is 0 Å². The summed E-state index contributed by atoms with van der Waals surface area (Å²) in [6, 6.07) is 7.96. The number of hydrogen-bond donors (Lipinski definition) is 4. The van der Waals surface area contributed by atoms with Gasteiger partial charge in [-0.3, -0.25) is 4.98 Å². The number of thiazole rings is 1. The lowest BCUT2D eigenvalue weighted by Gasteiger charge is -2.26. The van der Waals surface area contributed by atoms with Crippen molar-refractivity contribution >= 4 is 39.2 Å². The summed E-state index contributed by atoms with van der Waals surface area (Å²) in [5, 5.41) is 6.37. The minimum atomic E-state index is -3.96. The largest absolute Gasteiger partial charge is 0.446 e. The second-order valence-electron chi connectivity index (χ2n) is 10.7. The molecule has 0 atom stereocenters. The molecule has 11 nitrogen and oxygen atoms in total. The van der Waals surface area contributed by atoms with Crippen molar-refractivity contribution < 1.29 is 22.7 Å². The SMILES string of the molecule is CC(C)(C)NS(=O)(=O)c1cc(NC(=O)NCc2cccnc2)ccc1-c1cnc([C@H]2CC[C@H](OC(N)=O)CC2)s1. The van der Waals surface area contributed by atoms with Crippen LogP contribution >= 0.6 is 11.3 Å². The van der Waals surface area contributed by atoms with Crippen molar-refractivity contribution in [1.82, 2.24) is 20.0 Å². The molecule has 0 aliphatic heterocycles. The monoisotopic (exact) mass is 586 g/mol. The summed E-state index contributed by atoms with van der Waals surface area (Å²) in [4.78, 5) is 33.0. The van der Waals surface area contributed by atoms with Crippen LogP contribution in [0, 0.1) is 0 Å². The fourth-order valence-corrected chi connectivity index (χ4v) is 7.39. The highest BCUT2D eigenvalue weighted by Crippen LogP contribution is 2.40. The van der Waals surface area contributed by atoms with Crippen molar-refractivity contribution in [3.05, 3.63) is 59.5 Å². The van der Waals surface area contributed by atoms with Gasteiger partial charge in [0.1, 0.15) is 6.10 Å². The summed E-state index contributed by atoms with van der Waals surface area (Å²) in [6.45, 7) is 5.57. The number of anilines is 1. The smallest absolute Gasteiger partial charge is 0.404 e. The predicted octanol–water partition coefficient (Wildman–Crippen LogP) is 4.73. The number of carbonyl (C=O) groups excluding carboxylic acids is 2. The number of carbonyl (C=O) groups is 2. The Labute approximate surface area is 238 Å². The number of urea groups is 1. The zero-order chi connectivity index (χ0) is 28.9. The first-order valence-corrected chi connectivity index (χ1v) is 15.2. The molecule has 0 unspecified atom stereocenters. The van der Waals surface area contributed by atoms with Gasteiger partial charge in [0.15, 0.2) is 0 Å². The molecule has 3 aromatic rings. The van der Waals surface area contributed by atoms with Crippen LogP contribution in [0.25, 0.3) is 10.4 Å². The fourth-order valence-electron chi connectivity index (χ4n) is 4.54. The zero-order valence-electron chi connectivity index (χ0n) is 22.6. The number of sulfonamides is 1. The van der Waals surface area contributed by atoms with Crippen LogP contribution in [0.15, 0.2) is 53.8 Å². The predicted molar refractivity (Wildman–Crippen MR) is 153 cm³/mol. The standard InChI is InChI=1S/C27H34N6O5S2/c1-27(2,3)33-40(36,37)23-13-19(32-26(35)31-15-17-5-4-12-29-14-17)8-11-21(23)22-16-30-24(39-22)18-6-9-20(10-7-18)38-25(28)34/h4-5,8,11-14,16,18,20,33H,6-7,9-10,15H2,1-3H3,(H2,28,34)(H2,31,32,35)/t18-,20-. The van der Waals surface area contributed by atoms with Crippen molar-refractivity contribution in [2.45, 2.75) is 75.5 Å². The van der Waals surface area contributed by atoms with Crippen LogP contribution in [0.1, 0.15) is 62.9 Å². The molecule has 3 amide bonds. The first-order chi connectivity index (χ1) is 18.9. The van der Waals surface area contributed by atoms with Crippen LogP contribution < -0.4 is 21.1 Å². The lowest BCUT2D eigenvalue weighted by molar-refractivity contribution is 0.0787. The molecule has 1 saturated carbocycles. The number of nitrogens with zero attached hydrogens (tertiary/aromatic N) is 2. The third-order valence-electron chi connectivity index (χ3n) is 6.24. The Bertz CT molecular complexity index is 1450. The summed E-state index contributed by atoms with van der Waals surface area (Å²) < 4.78 is 34.9. The minimum absolute atomic E-state index is 0.0428. The molecule has 0 saturated heterocycles. The highest BCUT2D eigenvalue weighted by Gasteiger charge is 2.29. The number of hydrogen-bond acceptors (Lipinski definition) is 8. The molecule has 1 fully saturated rings. The van der Waals surface area contributed by atoms with Gasteiger partial charge in [-0.25, -0.2) is 27.7 Å². The maximum Gasteiger partial charge on any atom is 0.404 e. The van der Waals surface area contributed by atoms with Crippen LogP contribution in [-0.2, 0) is 21.3 Å². The minimum Gasteiger partial charge on any atom is -0.446 e. The second-order valence-corrected chi connectivity index (χ2v) is 13.4. The maximum atomic E-state index is 13.5. The van der Waals surface area contributed by atoms with E-state index in [1.165, 1.54) is 17.4 Å². The number of ether oxygens (including phenoxy) is 1. The molecule has 214 valence electrons. The third-order valence-corrected chi connectivity index (χ3v) is 9.23. The quantitative estimate of drug-likeness (QED) is 0.296. The second kappa shape index (κ2) is 12.3. The normalized spacial score (nSPS) is 17.7. The molecular formula is C27H34N6O5S2. The molecule has 0 bridgehead atoms. The van der Waals surface area contributed by atoms with Gasteiger partial charge in [0.2, 0.25) is 10.0 Å². The molecule has 40 heavy (non-hydrogen) atoms. The Morgan fingerprint density at radius 2 is 1.88 bits per heavy atom. The molecule has 1 aliphatic carbocycles. The van der Waals surface area contributed by atoms with Gasteiger partial charge in [-0.15, -0.1) is 11.3 Å². The first kappa shape index (κ1) is 29.4. The number of pyridine rings is 1. The van der Waals surface area contributed by atoms with Gasteiger partial charge in [0, 0.05) is 47.8 Å². The van der Waals surface area contributed by atoms with E-state index in [9.17, 15) is 18.0 Å². The molecule has 2 heterocycles. The van der Waals surface area contributed by atoms with Crippen LogP contribution in [0.5, 0.6) is 0 Å². The van der Waals surface area contributed by atoms with Crippen molar-refractivity contribution in [3.63, 3.8) is 0 Å². The van der Waals surface area contributed by atoms with E-state index in [0.29, 0.717) is 29.0 Å². The van der Waals surface area contributed by atoms with E-state index in [0.717, 1.165) is 23.4 Å². The van der Waals surface area contributed by atoms with Gasteiger partial charge < -0.3 is 21.1 Å². The van der Waals surface area contributed by atoms with Crippen LogP contribution in [0.4, 0.5) is 15.3 Å². The van der Waals surface area contributed by atoms with E-state index in [1.807, 2.05) is 6.07 Å². The summed E-state index contributed by atoms with van der Waals surface area (Å²) in [7, 11) is -3.96. The van der Waals surface area contributed by atoms with Crippen molar-refractivity contribution in [2.75, 3.05) is 5.32 Å².